The van der Waals surface area contributed by atoms with Gasteiger partial charge in [0.2, 0.25) is 10.0 Å². The summed E-state index contributed by atoms with van der Waals surface area (Å²) in [6.07, 6.45) is 6.40. The van der Waals surface area contributed by atoms with Crippen LogP contribution in [0.5, 0.6) is 0 Å². The molecular weight excluding hydrogens is 382 g/mol. The van der Waals surface area contributed by atoms with E-state index in [0.29, 0.717) is 31.1 Å². The highest BCUT2D eigenvalue weighted by Gasteiger charge is 2.58. The second-order valence-electron chi connectivity index (χ2n) is 8.40. The van der Waals surface area contributed by atoms with Crippen molar-refractivity contribution in [3.05, 3.63) is 24.2 Å². The molecule has 3 fully saturated rings. The molecule has 1 aromatic heterocycles. The summed E-state index contributed by atoms with van der Waals surface area (Å²) in [7, 11) is -3.14. The van der Waals surface area contributed by atoms with Gasteiger partial charge < -0.3 is 14.6 Å². The Morgan fingerprint density at radius 2 is 2.04 bits per heavy atom. The van der Waals surface area contributed by atoms with Gasteiger partial charge in [-0.3, -0.25) is 4.79 Å². The number of hydrogen-bond donors (Lipinski definition) is 1. The molecule has 28 heavy (non-hydrogen) atoms. The van der Waals surface area contributed by atoms with Crippen molar-refractivity contribution in [2.24, 2.45) is 16.5 Å². The minimum absolute atomic E-state index is 0.0603. The molecule has 0 radical (unpaired) electrons. The van der Waals surface area contributed by atoms with E-state index in [2.05, 4.69) is 10.5 Å². The van der Waals surface area contributed by atoms with Crippen LogP contribution >= 0.6 is 0 Å². The van der Waals surface area contributed by atoms with Gasteiger partial charge in [-0.25, -0.2) is 12.7 Å². The normalized spacial score (nSPS) is 29.4. The van der Waals surface area contributed by atoms with Gasteiger partial charge in [0, 0.05) is 13.1 Å². The highest BCUT2D eigenvalue weighted by molar-refractivity contribution is 7.90. The average Bonchev–Trinajstić information content (AvgIpc) is 3.13. The molecule has 1 saturated heterocycles. The van der Waals surface area contributed by atoms with Crippen LogP contribution in [0.3, 0.4) is 0 Å². The molecule has 152 valence electrons. The van der Waals surface area contributed by atoms with Gasteiger partial charge in [0.1, 0.15) is 11.9 Å². The molecule has 2 atom stereocenters. The number of piperidine rings is 1. The summed E-state index contributed by atoms with van der Waals surface area (Å²) in [5.74, 6) is 0.400. The number of fused-ring (bicyclic) bond motifs is 2. The lowest BCUT2D eigenvalue weighted by atomic mass is 9.69. The summed E-state index contributed by atoms with van der Waals surface area (Å²) >= 11 is 0. The Morgan fingerprint density at radius 3 is 2.71 bits per heavy atom. The van der Waals surface area contributed by atoms with Crippen LogP contribution in [0.1, 0.15) is 44.3 Å². The van der Waals surface area contributed by atoms with Gasteiger partial charge in [-0.15, -0.1) is 0 Å². The Bertz CT molecular complexity index is 883. The van der Waals surface area contributed by atoms with Crippen LogP contribution in [0.2, 0.25) is 0 Å². The maximum absolute atomic E-state index is 12.8. The third kappa shape index (κ3) is 2.95. The zero-order valence-corrected chi connectivity index (χ0v) is 16.5. The van der Waals surface area contributed by atoms with Crippen molar-refractivity contribution >= 4 is 21.6 Å². The van der Waals surface area contributed by atoms with Crippen LogP contribution in [-0.4, -0.2) is 48.8 Å². The smallest absolute Gasteiger partial charge is 0.269 e. The van der Waals surface area contributed by atoms with Crippen LogP contribution in [0, 0.1) is 11.3 Å². The van der Waals surface area contributed by atoms with Crippen molar-refractivity contribution in [3.63, 3.8) is 0 Å². The van der Waals surface area contributed by atoms with Gasteiger partial charge in [0.05, 0.1) is 24.0 Å². The number of hydrogen-bond acceptors (Lipinski definition) is 6. The van der Waals surface area contributed by atoms with Crippen LogP contribution in [0.4, 0.5) is 0 Å². The fourth-order valence-corrected chi connectivity index (χ4v) is 6.93. The van der Waals surface area contributed by atoms with Crippen molar-refractivity contribution in [1.29, 1.82) is 0 Å². The monoisotopic (exact) mass is 407 g/mol. The number of nitrogens with one attached hydrogen (secondary N) is 1. The maximum Gasteiger partial charge on any atom is 0.269 e. The number of furan rings is 1. The first-order chi connectivity index (χ1) is 13.5. The highest BCUT2D eigenvalue weighted by atomic mass is 32.2. The SMILES string of the molecule is O=C(NCc1ccco1)C1=NO[C@H]2CCC3(CCN(S(=O)(=O)C4CC4)CC3)[C@@H]12. The van der Waals surface area contributed by atoms with E-state index in [4.69, 9.17) is 9.25 Å². The van der Waals surface area contributed by atoms with Gasteiger partial charge >= 0.3 is 0 Å². The van der Waals surface area contributed by atoms with Gasteiger partial charge in [-0.1, -0.05) is 5.16 Å². The Kier molecular flexibility index (Phi) is 4.28. The van der Waals surface area contributed by atoms with Crippen molar-refractivity contribution < 1.29 is 22.5 Å². The quantitative estimate of drug-likeness (QED) is 0.800. The van der Waals surface area contributed by atoms with Gasteiger partial charge in [0.25, 0.3) is 5.91 Å². The number of nitrogens with zero attached hydrogens (tertiary/aromatic N) is 2. The van der Waals surface area contributed by atoms with Gasteiger partial charge in [-0.05, 0) is 56.1 Å². The fourth-order valence-electron chi connectivity index (χ4n) is 5.08. The lowest BCUT2D eigenvalue weighted by molar-refractivity contribution is -0.115. The van der Waals surface area contributed by atoms with Crippen LogP contribution in [-0.2, 0) is 26.2 Å². The van der Waals surface area contributed by atoms with Gasteiger partial charge in [-0.2, -0.15) is 0 Å². The first-order valence-electron chi connectivity index (χ1n) is 10.0. The third-order valence-corrected chi connectivity index (χ3v) is 9.20. The number of rotatable bonds is 5. The molecule has 2 aliphatic heterocycles. The Hall–Kier alpha value is -1.87. The minimum Gasteiger partial charge on any atom is -0.467 e. The van der Waals surface area contributed by atoms with E-state index < -0.39 is 10.0 Å². The summed E-state index contributed by atoms with van der Waals surface area (Å²) in [5.41, 5.74) is 0.352. The van der Waals surface area contributed by atoms with Crippen molar-refractivity contribution in [2.75, 3.05) is 13.1 Å². The van der Waals surface area contributed by atoms with Crippen molar-refractivity contribution in [3.8, 4) is 0 Å². The summed E-state index contributed by atoms with van der Waals surface area (Å²) in [6.45, 7) is 1.37. The summed E-state index contributed by atoms with van der Waals surface area (Å²) < 4.78 is 32.0. The molecule has 1 aromatic rings. The molecule has 1 amide bonds. The highest BCUT2D eigenvalue weighted by Crippen LogP contribution is 2.54. The third-order valence-electron chi connectivity index (χ3n) is 6.80. The Morgan fingerprint density at radius 1 is 1.25 bits per heavy atom. The van der Waals surface area contributed by atoms with E-state index in [1.807, 2.05) is 6.07 Å². The second-order valence-corrected chi connectivity index (χ2v) is 10.6. The molecule has 8 nitrogen and oxygen atoms in total. The number of carbonyl (C=O) groups excluding carboxylic acids is 1. The molecule has 5 rings (SSSR count). The van der Waals surface area contributed by atoms with Gasteiger partial charge in [0.15, 0.2) is 5.71 Å². The molecule has 2 saturated carbocycles. The molecular formula is C19H25N3O5S. The predicted octanol–water partition coefficient (Wildman–Crippen LogP) is 1.63. The van der Waals surface area contributed by atoms with E-state index in [9.17, 15) is 13.2 Å². The van der Waals surface area contributed by atoms with Crippen LogP contribution in [0.15, 0.2) is 28.0 Å². The molecule has 0 aromatic carbocycles. The Balaban J connectivity index is 1.27. The fraction of sp³-hybridized carbons (Fsp3) is 0.684. The standard InChI is InChI=1S/C19H25N3O5S/c23-18(20-12-13-2-1-11-26-13)17-16-15(27-21-17)5-6-19(16)7-9-22(10-8-19)28(24,25)14-3-4-14/h1-2,11,14-16H,3-10,12H2,(H,20,23)/t15-,16+/m0/s1. The molecule has 9 heteroatoms. The molecule has 4 aliphatic rings. The molecule has 0 bridgehead atoms. The summed E-state index contributed by atoms with van der Waals surface area (Å²) in [5, 5.41) is 6.82. The molecule has 3 heterocycles. The number of oxime groups is 1. The maximum atomic E-state index is 12.8. The summed E-state index contributed by atoms with van der Waals surface area (Å²) in [6, 6.07) is 3.59. The molecule has 2 aliphatic carbocycles. The lowest BCUT2D eigenvalue weighted by Gasteiger charge is -2.41. The van der Waals surface area contributed by atoms with Crippen LogP contribution < -0.4 is 5.32 Å². The largest absolute Gasteiger partial charge is 0.467 e. The lowest BCUT2D eigenvalue weighted by Crippen LogP contribution is -2.49. The number of carbonyl (C=O) groups is 1. The zero-order valence-electron chi connectivity index (χ0n) is 15.7. The number of sulfonamides is 1. The van der Waals surface area contributed by atoms with E-state index in [1.54, 1.807) is 16.6 Å². The Labute approximate surface area is 164 Å². The van der Waals surface area contributed by atoms with Crippen molar-refractivity contribution in [2.45, 2.75) is 56.4 Å². The average molecular weight is 407 g/mol. The van der Waals surface area contributed by atoms with Crippen LogP contribution in [0.25, 0.3) is 0 Å². The first kappa shape index (κ1) is 18.2. The van der Waals surface area contributed by atoms with E-state index in [0.717, 1.165) is 38.5 Å². The molecule has 1 spiro atoms. The van der Waals surface area contributed by atoms with E-state index in [-0.39, 0.29) is 28.6 Å². The summed E-state index contributed by atoms with van der Waals surface area (Å²) in [4.78, 5) is 18.3. The van der Waals surface area contributed by atoms with E-state index in [1.165, 1.54) is 0 Å². The molecule has 1 N–H and O–H groups in total. The zero-order chi connectivity index (χ0) is 19.4. The molecule has 0 unspecified atom stereocenters. The van der Waals surface area contributed by atoms with E-state index >= 15 is 0 Å². The second kappa shape index (κ2) is 6.59. The van der Waals surface area contributed by atoms with Crippen molar-refractivity contribution in [1.82, 2.24) is 9.62 Å². The minimum atomic E-state index is -3.14. The first-order valence-corrected chi connectivity index (χ1v) is 11.5. The number of amides is 1. The predicted molar refractivity (Wildman–Crippen MR) is 101 cm³/mol. The topological polar surface area (TPSA) is 101 Å².